The molecular weight excluding hydrogens is 268 g/mol. The van der Waals surface area contributed by atoms with Gasteiger partial charge in [0.25, 0.3) is 5.69 Å². The smallest absolute Gasteiger partial charge is 0.270 e. The molecule has 98 valence electrons. The lowest BCUT2D eigenvalue weighted by Gasteiger charge is -2.00. The summed E-state index contributed by atoms with van der Waals surface area (Å²) in [5.74, 6) is 0.652. The van der Waals surface area contributed by atoms with E-state index >= 15 is 0 Å². The molecule has 0 atom stereocenters. The third-order valence-corrected chi connectivity index (χ3v) is 2.24. The van der Waals surface area contributed by atoms with E-state index in [0.29, 0.717) is 11.4 Å². The molecule has 1 aromatic heterocycles. The molecule has 2 aromatic rings. The first-order valence-electron chi connectivity index (χ1n) is 5.17. The summed E-state index contributed by atoms with van der Waals surface area (Å²) >= 11 is 0. The molecule has 1 aromatic carbocycles. The second kappa shape index (κ2) is 6.46. The highest BCUT2D eigenvalue weighted by Gasteiger charge is 2.07. The van der Waals surface area contributed by atoms with Crippen LogP contribution in [-0.2, 0) is 0 Å². The van der Waals surface area contributed by atoms with E-state index in [1.54, 1.807) is 36.5 Å². The SMILES string of the molecule is Cl.N/C(=N\c1ccccn1)c1cccc([N+](=O)[O-])c1. The number of amidine groups is 1. The summed E-state index contributed by atoms with van der Waals surface area (Å²) < 4.78 is 0. The summed E-state index contributed by atoms with van der Waals surface area (Å²) in [4.78, 5) is 18.3. The van der Waals surface area contributed by atoms with Crippen molar-refractivity contribution < 1.29 is 4.92 Å². The molecule has 0 saturated carbocycles. The number of aliphatic imine (C=N–C) groups is 1. The molecule has 0 saturated heterocycles. The summed E-state index contributed by atoms with van der Waals surface area (Å²) in [5.41, 5.74) is 6.26. The first-order valence-corrected chi connectivity index (χ1v) is 5.17. The van der Waals surface area contributed by atoms with Crippen LogP contribution in [0, 0.1) is 10.1 Å². The van der Waals surface area contributed by atoms with Crippen LogP contribution in [0.4, 0.5) is 11.5 Å². The highest BCUT2D eigenvalue weighted by molar-refractivity contribution is 5.99. The van der Waals surface area contributed by atoms with Crippen molar-refractivity contribution in [2.45, 2.75) is 0 Å². The lowest BCUT2D eigenvalue weighted by Crippen LogP contribution is -2.13. The van der Waals surface area contributed by atoms with Gasteiger partial charge in [0.15, 0.2) is 5.82 Å². The maximum absolute atomic E-state index is 10.6. The highest BCUT2D eigenvalue weighted by atomic mass is 35.5. The number of halogens is 1. The van der Waals surface area contributed by atoms with Crippen molar-refractivity contribution in [3.63, 3.8) is 0 Å². The molecule has 0 spiro atoms. The predicted molar refractivity (Wildman–Crippen MR) is 75.0 cm³/mol. The van der Waals surface area contributed by atoms with Crippen LogP contribution in [0.5, 0.6) is 0 Å². The molecule has 0 aliphatic rings. The standard InChI is InChI=1S/C12H10N4O2.ClH/c13-12(15-11-6-1-2-7-14-11)9-4-3-5-10(8-9)16(17)18;/h1-8H,(H2,13,14,15);1H. The molecule has 0 unspecified atom stereocenters. The first-order chi connectivity index (χ1) is 8.66. The van der Waals surface area contributed by atoms with Gasteiger partial charge in [-0.25, -0.2) is 9.98 Å². The van der Waals surface area contributed by atoms with Crippen molar-refractivity contribution in [2.24, 2.45) is 10.7 Å². The Morgan fingerprint density at radius 2 is 2.05 bits per heavy atom. The Hall–Kier alpha value is -2.47. The Labute approximate surface area is 115 Å². The maximum atomic E-state index is 10.6. The number of nitrogens with zero attached hydrogens (tertiary/aromatic N) is 3. The van der Waals surface area contributed by atoms with Gasteiger partial charge in [0.2, 0.25) is 0 Å². The van der Waals surface area contributed by atoms with Crippen molar-refractivity contribution in [1.82, 2.24) is 4.98 Å². The van der Waals surface area contributed by atoms with Gasteiger partial charge >= 0.3 is 0 Å². The molecule has 0 fully saturated rings. The largest absolute Gasteiger partial charge is 0.383 e. The van der Waals surface area contributed by atoms with E-state index in [1.165, 1.54) is 12.1 Å². The van der Waals surface area contributed by atoms with Crippen molar-refractivity contribution in [2.75, 3.05) is 0 Å². The van der Waals surface area contributed by atoms with Crippen LogP contribution in [0.2, 0.25) is 0 Å². The number of nitro groups is 1. The molecule has 1 heterocycles. The lowest BCUT2D eigenvalue weighted by atomic mass is 10.2. The average Bonchev–Trinajstić information content (AvgIpc) is 2.40. The van der Waals surface area contributed by atoms with E-state index in [0.717, 1.165) is 0 Å². The molecular formula is C12H11ClN4O2. The fraction of sp³-hybridized carbons (Fsp3) is 0. The average molecular weight is 279 g/mol. The number of non-ortho nitro benzene ring substituents is 1. The second-order valence-electron chi connectivity index (χ2n) is 3.49. The summed E-state index contributed by atoms with van der Waals surface area (Å²) in [6.45, 7) is 0. The van der Waals surface area contributed by atoms with Gasteiger partial charge < -0.3 is 5.73 Å². The van der Waals surface area contributed by atoms with E-state index in [4.69, 9.17) is 5.73 Å². The van der Waals surface area contributed by atoms with Crippen LogP contribution in [0.1, 0.15) is 5.56 Å². The van der Waals surface area contributed by atoms with Gasteiger partial charge in [0.1, 0.15) is 5.84 Å². The third kappa shape index (κ3) is 3.75. The number of hydrogen-bond donors (Lipinski definition) is 1. The summed E-state index contributed by atoms with van der Waals surface area (Å²) in [5, 5.41) is 10.6. The Morgan fingerprint density at radius 1 is 1.26 bits per heavy atom. The Balaban J connectivity index is 0.00000180. The van der Waals surface area contributed by atoms with E-state index in [2.05, 4.69) is 9.98 Å². The van der Waals surface area contributed by atoms with E-state index in [-0.39, 0.29) is 23.9 Å². The topological polar surface area (TPSA) is 94.4 Å². The van der Waals surface area contributed by atoms with Gasteiger partial charge in [-0.05, 0) is 12.1 Å². The number of rotatable bonds is 3. The molecule has 2 N–H and O–H groups in total. The molecule has 0 bridgehead atoms. The van der Waals surface area contributed by atoms with Crippen molar-refractivity contribution in [3.05, 3.63) is 64.3 Å². The van der Waals surface area contributed by atoms with Crippen molar-refractivity contribution >= 4 is 29.7 Å². The van der Waals surface area contributed by atoms with Crippen LogP contribution in [0.3, 0.4) is 0 Å². The van der Waals surface area contributed by atoms with Crippen molar-refractivity contribution in [1.29, 1.82) is 0 Å². The summed E-state index contributed by atoms with van der Waals surface area (Å²) in [6.07, 6.45) is 1.60. The van der Waals surface area contributed by atoms with E-state index in [1.807, 2.05) is 0 Å². The number of aromatic nitrogens is 1. The summed E-state index contributed by atoms with van der Waals surface area (Å²) in [6, 6.07) is 11.3. The molecule has 7 heteroatoms. The zero-order valence-corrected chi connectivity index (χ0v) is 10.6. The predicted octanol–water partition coefficient (Wildman–Crippen LogP) is 2.45. The Kier molecular flexibility index (Phi) is 4.96. The van der Waals surface area contributed by atoms with Crippen molar-refractivity contribution in [3.8, 4) is 0 Å². The maximum Gasteiger partial charge on any atom is 0.270 e. The van der Waals surface area contributed by atoms with E-state index in [9.17, 15) is 10.1 Å². The number of nitrogens with two attached hydrogens (primary N) is 1. The minimum Gasteiger partial charge on any atom is -0.383 e. The molecule has 2 rings (SSSR count). The fourth-order valence-electron chi connectivity index (χ4n) is 1.39. The molecule has 0 aliphatic carbocycles. The minimum atomic E-state index is -0.475. The minimum absolute atomic E-state index is 0. The number of hydrogen-bond acceptors (Lipinski definition) is 4. The molecule has 0 aliphatic heterocycles. The van der Waals surface area contributed by atoms with Crippen LogP contribution in [0.15, 0.2) is 53.7 Å². The van der Waals surface area contributed by atoms with E-state index < -0.39 is 4.92 Å². The van der Waals surface area contributed by atoms with Crippen LogP contribution >= 0.6 is 12.4 Å². The van der Waals surface area contributed by atoms with Gasteiger partial charge in [0, 0.05) is 23.9 Å². The van der Waals surface area contributed by atoms with Crippen LogP contribution < -0.4 is 5.73 Å². The van der Waals surface area contributed by atoms with Gasteiger partial charge in [-0.3, -0.25) is 10.1 Å². The number of pyridine rings is 1. The third-order valence-electron chi connectivity index (χ3n) is 2.24. The van der Waals surface area contributed by atoms with Gasteiger partial charge in [-0.2, -0.15) is 0 Å². The molecule has 6 nitrogen and oxygen atoms in total. The van der Waals surface area contributed by atoms with Crippen LogP contribution in [0.25, 0.3) is 0 Å². The van der Waals surface area contributed by atoms with Gasteiger partial charge in [0.05, 0.1) is 4.92 Å². The van der Waals surface area contributed by atoms with Crippen LogP contribution in [-0.4, -0.2) is 15.7 Å². The molecule has 0 amide bonds. The zero-order valence-electron chi connectivity index (χ0n) is 9.76. The van der Waals surface area contributed by atoms with Gasteiger partial charge in [-0.15, -0.1) is 12.4 Å². The fourth-order valence-corrected chi connectivity index (χ4v) is 1.39. The Bertz CT molecular complexity index is 602. The monoisotopic (exact) mass is 278 g/mol. The number of benzene rings is 1. The number of nitro benzene ring substituents is 1. The normalized spacial score (nSPS) is 10.6. The highest BCUT2D eigenvalue weighted by Crippen LogP contribution is 2.14. The lowest BCUT2D eigenvalue weighted by molar-refractivity contribution is -0.384. The quantitative estimate of drug-likeness (QED) is 0.404. The zero-order chi connectivity index (χ0) is 13.0. The molecule has 0 radical (unpaired) electrons. The Morgan fingerprint density at radius 3 is 2.68 bits per heavy atom. The summed E-state index contributed by atoms with van der Waals surface area (Å²) in [7, 11) is 0. The second-order valence-corrected chi connectivity index (χ2v) is 3.49. The molecule has 19 heavy (non-hydrogen) atoms. The first kappa shape index (κ1) is 14.6. The van der Waals surface area contributed by atoms with Gasteiger partial charge in [-0.1, -0.05) is 18.2 Å².